The Morgan fingerprint density at radius 1 is 1.10 bits per heavy atom. The predicted octanol–water partition coefficient (Wildman–Crippen LogP) is 2.03. The molecule has 2 fully saturated rings. The lowest BCUT2D eigenvalue weighted by atomic mass is 9.84. The smallest absolute Gasteiger partial charge is 0.291 e. The lowest BCUT2D eigenvalue weighted by Crippen LogP contribution is -2.45. The number of aromatic nitrogens is 3. The highest BCUT2D eigenvalue weighted by atomic mass is 19.1. The summed E-state index contributed by atoms with van der Waals surface area (Å²) in [5.74, 6) is 0.428. The molecule has 0 spiro atoms. The predicted molar refractivity (Wildman–Crippen MR) is 106 cm³/mol. The Hall–Kier alpha value is -2.19. The van der Waals surface area contributed by atoms with Gasteiger partial charge in [0.1, 0.15) is 6.17 Å². The number of carbonyl (C=O) groups excluding carboxylic acids is 2. The summed E-state index contributed by atoms with van der Waals surface area (Å²) in [6.07, 6.45) is 6.59. The number of amides is 2. The number of hydrogen-bond acceptors (Lipinski definition) is 5. The Kier molecular flexibility index (Phi) is 6.30. The number of nitrogens with one attached hydrogen (secondary N) is 3. The van der Waals surface area contributed by atoms with E-state index in [0.29, 0.717) is 31.3 Å². The molecule has 0 aromatic carbocycles. The summed E-state index contributed by atoms with van der Waals surface area (Å²) in [6, 6.07) is 0.121. The number of aryl methyl sites for hydroxylation is 1. The molecular weight excluding hydrogens is 375 g/mol. The largest absolute Gasteiger partial charge is 0.354 e. The van der Waals surface area contributed by atoms with Crippen LogP contribution in [-0.2, 0) is 11.3 Å². The Bertz CT molecular complexity index is 707. The van der Waals surface area contributed by atoms with Gasteiger partial charge in [-0.15, -0.1) is 5.10 Å². The van der Waals surface area contributed by atoms with Crippen molar-refractivity contribution in [1.29, 1.82) is 0 Å². The lowest BCUT2D eigenvalue weighted by molar-refractivity contribution is -0.129. The summed E-state index contributed by atoms with van der Waals surface area (Å²) >= 11 is 0. The van der Waals surface area contributed by atoms with Gasteiger partial charge in [0.2, 0.25) is 17.7 Å². The van der Waals surface area contributed by atoms with Gasteiger partial charge in [0, 0.05) is 25.7 Å². The third-order valence-corrected chi connectivity index (χ3v) is 6.47. The molecule has 0 radical (unpaired) electrons. The molecule has 2 heterocycles. The van der Waals surface area contributed by atoms with Crippen molar-refractivity contribution < 1.29 is 14.0 Å². The SMILES string of the molecule is O=C(NCC1CCC(NC(=O)C2CCCCC2F)CC1)c1nc2n(n1)CCCN2. The maximum Gasteiger partial charge on any atom is 0.291 e. The first-order valence-electron chi connectivity index (χ1n) is 11.0. The zero-order valence-corrected chi connectivity index (χ0v) is 16.8. The summed E-state index contributed by atoms with van der Waals surface area (Å²) < 4.78 is 15.7. The maximum absolute atomic E-state index is 14.0. The molecule has 8 nitrogen and oxygen atoms in total. The molecule has 2 aliphatic carbocycles. The van der Waals surface area contributed by atoms with Crippen molar-refractivity contribution in [3.63, 3.8) is 0 Å². The standard InChI is InChI=1S/C20H31FN6O2/c21-16-5-2-1-4-15(16)18(28)24-14-8-6-13(7-9-14)12-23-19(29)17-25-20-22-10-3-11-27(20)26-17/h13-16H,1-12H2,(H,23,29)(H,24,28)(H,22,25,26). The Morgan fingerprint density at radius 3 is 2.66 bits per heavy atom. The Morgan fingerprint density at radius 2 is 1.90 bits per heavy atom. The highest BCUT2D eigenvalue weighted by Crippen LogP contribution is 2.29. The van der Waals surface area contributed by atoms with E-state index in [2.05, 4.69) is 26.0 Å². The molecule has 0 bridgehead atoms. The molecule has 1 aromatic heterocycles. The summed E-state index contributed by atoms with van der Waals surface area (Å²) in [5, 5.41) is 13.4. The van der Waals surface area contributed by atoms with Crippen molar-refractivity contribution in [3.05, 3.63) is 5.82 Å². The van der Waals surface area contributed by atoms with Crippen molar-refractivity contribution in [2.45, 2.75) is 76.5 Å². The van der Waals surface area contributed by atoms with Gasteiger partial charge < -0.3 is 16.0 Å². The van der Waals surface area contributed by atoms with Crippen molar-refractivity contribution in [2.75, 3.05) is 18.4 Å². The molecule has 2 unspecified atom stereocenters. The van der Waals surface area contributed by atoms with Crippen LogP contribution in [0.5, 0.6) is 0 Å². The van der Waals surface area contributed by atoms with Gasteiger partial charge in [-0.2, -0.15) is 4.98 Å². The van der Waals surface area contributed by atoms with Crippen LogP contribution < -0.4 is 16.0 Å². The summed E-state index contributed by atoms with van der Waals surface area (Å²) in [7, 11) is 0. The normalized spacial score (nSPS) is 29.4. The van der Waals surface area contributed by atoms with Crippen LogP contribution >= 0.6 is 0 Å². The number of anilines is 1. The molecule has 3 N–H and O–H groups in total. The molecule has 2 amide bonds. The number of carbonyl (C=O) groups is 2. The Balaban J connectivity index is 1.18. The van der Waals surface area contributed by atoms with Crippen LogP contribution in [0.2, 0.25) is 0 Å². The molecule has 3 aliphatic rings. The summed E-state index contributed by atoms with van der Waals surface area (Å²) in [5.41, 5.74) is 0. The van der Waals surface area contributed by atoms with E-state index in [4.69, 9.17) is 0 Å². The van der Waals surface area contributed by atoms with Gasteiger partial charge in [0.05, 0.1) is 5.92 Å². The van der Waals surface area contributed by atoms with Crippen LogP contribution in [-0.4, -0.2) is 51.9 Å². The number of alkyl halides is 1. The van der Waals surface area contributed by atoms with Crippen LogP contribution in [0.4, 0.5) is 10.3 Å². The van der Waals surface area contributed by atoms with Gasteiger partial charge in [-0.1, -0.05) is 12.8 Å². The van der Waals surface area contributed by atoms with E-state index in [1.807, 2.05) is 0 Å². The minimum absolute atomic E-state index is 0.114. The van der Waals surface area contributed by atoms with E-state index in [1.54, 1.807) is 4.68 Å². The van der Waals surface area contributed by atoms with E-state index in [-0.39, 0.29) is 23.7 Å². The first kappa shape index (κ1) is 20.1. The van der Waals surface area contributed by atoms with E-state index < -0.39 is 12.1 Å². The molecule has 2 saturated carbocycles. The van der Waals surface area contributed by atoms with Crippen molar-refractivity contribution in [3.8, 4) is 0 Å². The number of halogens is 1. The lowest BCUT2D eigenvalue weighted by Gasteiger charge is -2.31. The van der Waals surface area contributed by atoms with E-state index in [0.717, 1.165) is 58.0 Å². The molecule has 1 aliphatic heterocycles. The third kappa shape index (κ3) is 4.87. The van der Waals surface area contributed by atoms with E-state index in [1.165, 1.54) is 0 Å². The Labute approximate surface area is 170 Å². The van der Waals surface area contributed by atoms with Gasteiger partial charge in [-0.05, 0) is 50.9 Å². The fourth-order valence-electron chi connectivity index (χ4n) is 4.67. The second-order valence-corrected chi connectivity index (χ2v) is 8.61. The zero-order valence-electron chi connectivity index (χ0n) is 16.8. The monoisotopic (exact) mass is 406 g/mol. The topological polar surface area (TPSA) is 101 Å². The first-order valence-corrected chi connectivity index (χ1v) is 11.0. The number of nitrogens with zero attached hydrogens (tertiary/aromatic N) is 3. The molecule has 160 valence electrons. The van der Waals surface area contributed by atoms with Crippen molar-refractivity contribution in [2.24, 2.45) is 11.8 Å². The van der Waals surface area contributed by atoms with Crippen LogP contribution in [0.25, 0.3) is 0 Å². The van der Waals surface area contributed by atoms with Gasteiger partial charge in [-0.3, -0.25) is 9.59 Å². The van der Waals surface area contributed by atoms with Crippen molar-refractivity contribution >= 4 is 17.8 Å². The average molecular weight is 407 g/mol. The molecule has 2 atom stereocenters. The van der Waals surface area contributed by atoms with E-state index in [9.17, 15) is 14.0 Å². The fraction of sp³-hybridized carbons (Fsp3) is 0.800. The molecule has 1 aromatic rings. The third-order valence-electron chi connectivity index (χ3n) is 6.47. The average Bonchev–Trinajstić information content (AvgIpc) is 3.18. The fourth-order valence-corrected chi connectivity index (χ4v) is 4.67. The second kappa shape index (κ2) is 9.09. The number of fused-ring (bicyclic) bond motifs is 1. The van der Waals surface area contributed by atoms with Gasteiger partial charge in [0.25, 0.3) is 5.91 Å². The second-order valence-electron chi connectivity index (χ2n) is 8.61. The van der Waals surface area contributed by atoms with Crippen LogP contribution in [0.15, 0.2) is 0 Å². The van der Waals surface area contributed by atoms with Crippen molar-refractivity contribution in [1.82, 2.24) is 25.4 Å². The van der Waals surface area contributed by atoms with Gasteiger partial charge >= 0.3 is 0 Å². The number of rotatable bonds is 5. The summed E-state index contributed by atoms with van der Waals surface area (Å²) in [6.45, 7) is 2.22. The highest BCUT2D eigenvalue weighted by molar-refractivity contribution is 5.90. The minimum atomic E-state index is -0.993. The summed E-state index contributed by atoms with van der Waals surface area (Å²) in [4.78, 5) is 29.0. The molecule has 0 saturated heterocycles. The molecule has 4 rings (SSSR count). The van der Waals surface area contributed by atoms with Crippen LogP contribution in [0.3, 0.4) is 0 Å². The number of hydrogen-bond donors (Lipinski definition) is 3. The maximum atomic E-state index is 14.0. The van der Waals surface area contributed by atoms with E-state index >= 15 is 0 Å². The molecule has 9 heteroatoms. The quantitative estimate of drug-likeness (QED) is 0.695. The van der Waals surface area contributed by atoms with Gasteiger partial charge in [-0.25, -0.2) is 9.07 Å². The zero-order chi connectivity index (χ0) is 20.2. The first-order chi connectivity index (χ1) is 14.1. The van der Waals surface area contributed by atoms with Crippen LogP contribution in [0, 0.1) is 11.8 Å². The highest BCUT2D eigenvalue weighted by Gasteiger charge is 2.33. The van der Waals surface area contributed by atoms with Gasteiger partial charge in [0.15, 0.2) is 0 Å². The minimum Gasteiger partial charge on any atom is -0.354 e. The molecule has 29 heavy (non-hydrogen) atoms. The molecular formula is C20H31FN6O2. The van der Waals surface area contributed by atoms with Crippen LogP contribution in [0.1, 0.15) is 68.4 Å².